The fraction of sp³-hybridized carbons (Fsp3) is 0.217. The third-order valence-electron chi connectivity index (χ3n) is 4.45. The Labute approximate surface area is 183 Å². The summed E-state index contributed by atoms with van der Waals surface area (Å²) in [7, 11) is 0.166. The van der Waals surface area contributed by atoms with Gasteiger partial charge in [-0.25, -0.2) is 8.42 Å². The molecule has 0 amide bonds. The van der Waals surface area contributed by atoms with Crippen LogP contribution in [0.2, 0.25) is 0 Å². The second-order valence-corrected chi connectivity index (χ2v) is 9.74. The van der Waals surface area contributed by atoms with Gasteiger partial charge in [0.15, 0.2) is 0 Å². The number of hydrogen-bond donors (Lipinski definition) is 1. The first-order chi connectivity index (χ1) is 14.3. The number of hydrogen-bond acceptors (Lipinski definition) is 5. The molecule has 158 valence electrons. The molecule has 1 N–H and O–H groups in total. The van der Waals surface area contributed by atoms with Crippen LogP contribution in [0.15, 0.2) is 76.5 Å². The number of nitrogens with zero attached hydrogens (tertiary/aromatic N) is 1. The highest BCUT2D eigenvalue weighted by Crippen LogP contribution is 2.31. The fourth-order valence-corrected chi connectivity index (χ4v) is 4.74. The van der Waals surface area contributed by atoms with E-state index in [-0.39, 0.29) is 4.90 Å². The average molecular weight is 443 g/mol. The molecule has 3 aromatic rings. The van der Waals surface area contributed by atoms with E-state index in [4.69, 9.17) is 4.74 Å². The summed E-state index contributed by atoms with van der Waals surface area (Å²) >= 11 is 1.69. The van der Waals surface area contributed by atoms with E-state index < -0.39 is 10.0 Å². The first kappa shape index (κ1) is 22.2. The van der Waals surface area contributed by atoms with Crippen molar-refractivity contribution in [2.45, 2.75) is 23.3 Å². The maximum atomic E-state index is 12.9. The lowest BCUT2D eigenvalue weighted by Gasteiger charge is -2.17. The number of nitrogens with one attached hydrogen (secondary N) is 1. The van der Waals surface area contributed by atoms with Crippen LogP contribution in [-0.4, -0.2) is 33.7 Å². The topological polar surface area (TPSA) is 58.6 Å². The summed E-state index contributed by atoms with van der Waals surface area (Å²) in [6, 6.07) is 19.8. The Morgan fingerprint density at radius 3 is 2.37 bits per heavy atom. The molecule has 3 aromatic carbocycles. The maximum absolute atomic E-state index is 12.9. The van der Waals surface area contributed by atoms with Crippen molar-refractivity contribution in [2.75, 3.05) is 25.1 Å². The minimum Gasteiger partial charge on any atom is -0.457 e. The molecule has 5 nitrogen and oxygen atoms in total. The van der Waals surface area contributed by atoms with Crippen LogP contribution in [0.4, 0.5) is 5.69 Å². The van der Waals surface area contributed by atoms with E-state index in [0.29, 0.717) is 18.0 Å². The lowest BCUT2D eigenvalue weighted by Crippen LogP contribution is -2.15. The van der Waals surface area contributed by atoms with Gasteiger partial charge in [0, 0.05) is 22.7 Å². The summed E-state index contributed by atoms with van der Waals surface area (Å²) in [4.78, 5) is 3.37. The van der Waals surface area contributed by atoms with Gasteiger partial charge in [0.05, 0.1) is 4.90 Å². The largest absolute Gasteiger partial charge is 0.457 e. The lowest BCUT2D eigenvalue weighted by atomic mass is 10.2. The van der Waals surface area contributed by atoms with E-state index in [1.807, 2.05) is 56.4 Å². The van der Waals surface area contributed by atoms with Crippen molar-refractivity contribution in [1.29, 1.82) is 0 Å². The molecule has 0 saturated heterocycles. The van der Waals surface area contributed by atoms with Crippen molar-refractivity contribution in [3.63, 3.8) is 0 Å². The SMILES string of the molecule is CSc1ccc(Oc2ccc(S(=O)(=O)Nc3ccccc3)cc2CN(C)C)cc1C. The van der Waals surface area contributed by atoms with E-state index in [2.05, 4.69) is 4.72 Å². The monoisotopic (exact) mass is 442 g/mol. The van der Waals surface area contributed by atoms with Gasteiger partial charge >= 0.3 is 0 Å². The molecule has 0 aliphatic rings. The molecular weight excluding hydrogens is 416 g/mol. The van der Waals surface area contributed by atoms with Crippen LogP contribution in [0.1, 0.15) is 11.1 Å². The zero-order valence-electron chi connectivity index (χ0n) is 17.5. The van der Waals surface area contributed by atoms with Crippen molar-refractivity contribution in [3.05, 3.63) is 77.9 Å². The highest BCUT2D eigenvalue weighted by molar-refractivity contribution is 7.98. The van der Waals surface area contributed by atoms with Crippen molar-refractivity contribution in [2.24, 2.45) is 0 Å². The average Bonchev–Trinajstić information content (AvgIpc) is 2.69. The third kappa shape index (κ3) is 5.56. The molecule has 0 atom stereocenters. The molecule has 0 spiro atoms. The Hall–Kier alpha value is -2.48. The number of anilines is 1. The van der Waals surface area contributed by atoms with Crippen LogP contribution in [0, 0.1) is 6.92 Å². The molecule has 0 aromatic heterocycles. The van der Waals surface area contributed by atoms with E-state index in [1.165, 1.54) is 4.90 Å². The molecule has 0 heterocycles. The molecule has 0 saturated carbocycles. The van der Waals surface area contributed by atoms with Crippen LogP contribution in [0.3, 0.4) is 0 Å². The summed E-state index contributed by atoms with van der Waals surface area (Å²) in [5.74, 6) is 1.36. The normalized spacial score (nSPS) is 11.5. The van der Waals surface area contributed by atoms with Gasteiger partial charge in [-0.15, -0.1) is 11.8 Å². The van der Waals surface area contributed by atoms with Crippen LogP contribution >= 0.6 is 11.8 Å². The van der Waals surface area contributed by atoms with Crippen molar-refractivity contribution >= 4 is 27.5 Å². The Kier molecular flexibility index (Phi) is 7.07. The first-order valence-corrected chi connectivity index (χ1v) is 12.2. The third-order valence-corrected chi connectivity index (χ3v) is 6.73. The van der Waals surface area contributed by atoms with Gasteiger partial charge in [-0.2, -0.15) is 0 Å². The number of ether oxygens (including phenoxy) is 1. The number of rotatable bonds is 8. The molecule has 0 aliphatic carbocycles. The smallest absolute Gasteiger partial charge is 0.261 e. The summed E-state index contributed by atoms with van der Waals surface area (Å²) < 4.78 is 34.5. The van der Waals surface area contributed by atoms with Gasteiger partial charge in [0.1, 0.15) is 11.5 Å². The van der Waals surface area contributed by atoms with E-state index in [9.17, 15) is 8.42 Å². The second-order valence-electron chi connectivity index (χ2n) is 7.21. The maximum Gasteiger partial charge on any atom is 0.261 e. The van der Waals surface area contributed by atoms with E-state index in [0.717, 1.165) is 16.9 Å². The van der Waals surface area contributed by atoms with Crippen molar-refractivity contribution in [1.82, 2.24) is 4.90 Å². The zero-order valence-corrected chi connectivity index (χ0v) is 19.2. The van der Waals surface area contributed by atoms with Crippen LogP contribution in [-0.2, 0) is 16.6 Å². The highest BCUT2D eigenvalue weighted by atomic mass is 32.2. The van der Waals surface area contributed by atoms with Crippen LogP contribution in [0.5, 0.6) is 11.5 Å². The van der Waals surface area contributed by atoms with E-state index >= 15 is 0 Å². The Bertz CT molecular complexity index is 1110. The molecule has 0 radical (unpaired) electrons. The molecule has 30 heavy (non-hydrogen) atoms. The Morgan fingerprint density at radius 1 is 1.00 bits per heavy atom. The molecular formula is C23H26N2O3S2. The molecule has 0 fully saturated rings. The number of benzene rings is 3. The second kappa shape index (κ2) is 9.55. The van der Waals surface area contributed by atoms with E-state index in [1.54, 1.807) is 54.2 Å². The van der Waals surface area contributed by atoms with Crippen molar-refractivity contribution < 1.29 is 13.2 Å². The van der Waals surface area contributed by atoms with Gasteiger partial charge in [-0.05, 0) is 81.4 Å². The quantitative estimate of drug-likeness (QED) is 0.475. The molecule has 0 unspecified atom stereocenters. The summed E-state index contributed by atoms with van der Waals surface area (Å²) in [5, 5.41) is 0. The van der Waals surface area contributed by atoms with Crippen LogP contribution in [0.25, 0.3) is 0 Å². The summed E-state index contributed by atoms with van der Waals surface area (Å²) in [6.07, 6.45) is 2.04. The van der Waals surface area contributed by atoms with Crippen molar-refractivity contribution in [3.8, 4) is 11.5 Å². The standard InChI is InChI=1S/C23H26N2O3S2/c1-17-14-20(10-13-23(17)29-4)28-22-12-11-21(15-18(22)16-25(2)3)30(26,27)24-19-8-6-5-7-9-19/h5-15,24H,16H2,1-4H3. The Morgan fingerprint density at radius 2 is 1.73 bits per heavy atom. The van der Waals surface area contributed by atoms with Gasteiger partial charge in [-0.3, -0.25) is 4.72 Å². The number of aryl methyl sites for hydroxylation is 1. The number of thioether (sulfide) groups is 1. The molecule has 0 aliphatic heterocycles. The lowest BCUT2D eigenvalue weighted by molar-refractivity contribution is 0.388. The number of para-hydroxylation sites is 1. The highest BCUT2D eigenvalue weighted by Gasteiger charge is 2.18. The molecule has 3 rings (SSSR count). The Balaban J connectivity index is 1.92. The predicted molar refractivity (Wildman–Crippen MR) is 124 cm³/mol. The zero-order chi connectivity index (χ0) is 21.7. The fourth-order valence-electron chi connectivity index (χ4n) is 3.05. The minimum atomic E-state index is -3.70. The van der Waals surface area contributed by atoms with Gasteiger partial charge < -0.3 is 9.64 Å². The molecule has 7 heteroatoms. The van der Waals surface area contributed by atoms with Gasteiger partial charge in [-0.1, -0.05) is 18.2 Å². The predicted octanol–water partition coefficient (Wildman–Crippen LogP) is 5.37. The minimum absolute atomic E-state index is 0.199. The van der Waals surface area contributed by atoms with Gasteiger partial charge in [0.25, 0.3) is 10.0 Å². The molecule has 0 bridgehead atoms. The first-order valence-electron chi connectivity index (χ1n) is 9.46. The van der Waals surface area contributed by atoms with Crippen LogP contribution < -0.4 is 9.46 Å². The summed E-state index contributed by atoms with van der Waals surface area (Å²) in [6.45, 7) is 2.59. The summed E-state index contributed by atoms with van der Waals surface area (Å²) in [5.41, 5.74) is 2.46. The van der Waals surface area contributed by atoms with Gasteiger partial charge in [0.2, 0.25) is 0 Å². The number of sulfonamides is 1.